The van der Waals surface area contributed by atoms with Gasteiger partial charge in [-0.05, 0) is 61.2 Å². The van der Waals surface area contributed by atoms with Crippen LogP contribution in [0.4, 0.5) is 0 Å². The van der Waals surface area contributed by atoms with Gasteiger partial charge in [0.25, 0.3) is 0 Å². The first-order valence-corrected chi connectivity index (χ1v) is 11.2. The van der Waals surface area contributed by atoms with Crippen molar-refractivity contribution < 1.29 is 19.1 Å². The van der Waals surface area contributed by atoms with Gasteiger partial charge in [-0.2, -0.15) is 0 Å². The molecule has 162 valence electrons. The van der Waals surface area contributed by atoms with Gasteiger partial charge in [-0.1, -0.05) is 64.5 Å². The fraction of sp³-hybridized carbons (Fsp3) is 0.462. The summed E-state index contributed by atoms with van der Waals surface area (Å²) in [7, 11) is 0. The molecule has 2 aromatic rings. The van der Waals surface area contributed by atoms with Gasteiger partial charge in [0, 0.05) is 0 Å². The van der Waals surface area contributed by atoms with E-state index in [0.717, 1.165) is 25.7 Å². The van der Waals surface area contributed by atoms with Gasteiger partial charge in [0.1, 0.15) is 5.75 Å². The SMILES string of the molecule is CCCCCCCOC(=O)c1ccc(OC(=O)c2ccc(CCCCC)cc2)cc1. The third-order valence-electron chi connectivity index (χ3n) is 5.04. The Hall–Kier alpha value is -2.62. The summed E-state index contributed by atoms with van der Waals surface area (Å²) in [6.45, 7) is 4.80. The number of carbonyl (C=O) groups is 2. The van der Waals surface area contributed by atoms with Crippen molar-refractivity contribution >= 4 is 11.9 Å². The molecule has 0 heterocycles. The van der Waals surface area contributed by atoms with Crippen molar-refractivity contribution in [3.05, 3.63) is 65.2 Å². The molecule has 2 aromatic carbocycles. The molecule has 0 unspecified atom stereocenters. The quantitative estimate of drug-likeness (QED) is 0.208. The van der Waals surface area contributed by atoms with Crippen LogP contribution >= 0.6 is 0 Å². The maximum atomic E-state index is 12.3. The van der Waals surface area contributed by atoms with Crippen molar-refractivity contribution in [2.75, 3.05) is 6.61 Å². The molecule has 30 heavy (non-hydrogen) atoms. The normalized spacial score (nSPS) is 10.6. The minimum Gasteiger partial charge on any atom is -0.462 e. The molecule has 0 N–H and O–H groups in total. The average Bonchev–Trinajstić information content (AvgIpc) is 2.77. The van der Waals surface area contributed by atoms with Crippen LogP contribution in [-0.2, 0) is 11.2 Å². The van der Waals surface area contributed by atoms with Crippen LogP contribution in [0.25, 0.3) is 0 Å². The maximum absolute atomic E-state index is 12.3. The molecule has 0 bridgehead atoms. The van der Waals surface area contributed by atoms with Crippen LogP contribution < -0.4 is 4.74 Å². The second-order valence-corrected chi connectivity index (χ2v) is 7.62. The van der Waals surface area contributed by atoms with Crippen molar-refractivity contribution in [1.29, 1.82) is 0 Å². The van der Waals surface area contributed by atoms with E-state index in [1.807, 2.05) is 12.1 Å². The van der Waals surface area contributed by atoms with Gasteiger partial charge in [-0.3, -0.25) is 0 Å². The fourth-order valence-electron chi connectivity index (χ4n) is 3.17. The van der Waals surface area contributed by atoms with Crippen LogP contribution in [0.5, 0.6) is 5.75 Å². The maximum Gasteiger partial charge on any atom is 0.343 e. The molecule has 0 atom stereocenters. The fourth-order valence-corrected chi connectivity index (χ4v) is 3.17. The Labute approximate surface area is 180 Å². The minimum absolute atomic E-state index is 0.345. The van der Waals surface area contributed by atoms with E-state index in [0.29, 0.717) is 23.5 Å². The van der Waals surface area contributed by atoms with Crippen molar-refractivity contribution in [1.82, 2.24) is 0 Å². The minimum atomic E-state index is -0.405. The molecule has 0 radical (unpaired) electrons. The van der Waals surface area contributed by atoms with Crippen molar-refractivity contribution in [3.8, 4) is 5.75 Å². The molecule has 0 saturated carbocycles. The number of rotatable bonds is 13. The predicted octanol–water partition coefficient (Wildman–Crippen LogP) is 6.77. The standard InChI is InChI=1S/C26H34O4/c1-3-5-7-8-10-20-29-25(27)22-16-18-24(19-17-22)30-26(28)23-14-12-21(13-15-23)11-9-6-4-2/h12-19H,3-11,20H2,1-2H3. The van der Waals surface area contributed by atoms with Crippen LogP contribution in [0.1, 0.15) is 91.5 Å². The molecule has 0 aliphatic heterocycles. The van der Waals surface area contributed by atoms with E-state index in [-0.39, 0.29) is 5.97 Å². The lowest BCUT2D eigenvalue weighted by Crippen LogP contribution is -2.09. The third-order valence-corrected chi connectivity index (χ3v) is 5.04. The van der Waals surface area contributed by atoms with E-state index in [2.05, 4.69) is 13.8 Å². The van der Waals surface area contributed by atoms with Gasteiger partial charge >= 0.3 is 11.9 Å². The molecule has 0 aliphatic carbocycles. The van der Waals surface area contributed by atoms with E-state index in [9.17, 15) is 9.59 Å². The Balaban J connectivity index is 1.79. The topological polar surface area (TPSA) is 52.6 Å². The zero-order chi connectivity index (χ0) is 21.6. The monoisotopic (exact) mass is 410 g/mol. The third kappa shape index (κ3) is 8.40. The van der Waals surface area contributed by atoms with Crippen LogP contribution in [0.3, 0.4) is 0 Å². The van der Waals surface area contributed by atoms with Crippen molar-refractivity contribution in [2.45, 2.75) is 71.6 Å². The summed E-state index contributed by atoms with van der Waals surface area (Å²) < 4.78 is 10.7. The number of ether oxygens (including phenoxy) is 2. The summed E-state index contributed by atoms with van der Waals surface area (Å²) >= 11 is 0. The molecule has 4 nitrogen and oxygen atoms in total. The Kier molecular flexibility index (Phi) is 10.7. The Morgan fingerprint density at radius 2 is 1.23 bits per heavy atom. The first-order valence-electron chi connectivity index (χ1n) is 11.2. The second kappa shape index (κ2) is 13.6. The smallest absolute Gasteiger partial charge is 0.343 e. The number of hydrogen-bond donors (Lipinski definition) is 0. The molecule has 0 spiro atoms. The molecule has 0 aromatic heterocycles. The lowest BCUT2D eigenvalue weighted by atomic mass is 10.1. The van der Waals surface area contributed by atoms with Crippen molar-refractivity contribution in [3.63, 3.8) is 0 Å². The summed E-state index contributed by atoms with van der Waals surface area (Å²) in [5.41, 5.74) is 2.20. The molecule has 0 saturated heterocycles. The predicted molar refractivity (Wildman–Crippen MR) is 120 cm³/mol. The summed E-state index contributed by atoms with van der Waals surface area (Å²) in [6, 6.07) is 14.0. The lowest BCUT2D eigenvalue weighted by Gasteiger charge is -2.07. The average molecular weight is 411 g/mol. The lowest BCUT2D eigenvalue weighted by molar-refractivity contribution is 0.0497. The second-order valence-electron chi connectivity index (χ2n) is 7.62. The highest BCUT2D eigenvalue weighted by atomic mass is 16.5. The number of hydrogen-bond acceptors (Lipinski definition) is 4. The van der Waals surface area contributed by atoms with E-state index < -0.39 is 5.97 Å². The number of benzene rings is 2. The summed E-state index contributed by atoms with van der Waals surface area (Å²) in [5, 5.41) is 0. The van der Waals surface area contributed by atoms with E-state index >= 15 is 0 Å². The molecule has 0 aliphatic rings. The Morgan fingerprint density at radius 3 is 1.90 bits per heavy atom. The Bertz CT molecular complexity index is 763. The number of aryl methyl sites for hydroxylation is 1. The molecule has 4 heteroatoms. The summed E-state index contributed by atoms with van der Waals surface area (Å²) in [6.07, 6.45) is 10.2. The summed E-state index contributed by atoms with van der Waals surface area (Å²) in [5.74, 6) is -0.345. The van der Waals surface area contributed by atoms with Gasteiger partial charge in [0.05, 0.1) is 17.7 Å². The van der Waals surface area contributed by atoms with Crippen LogP contribution in [0, 0.1) is 0 Å². The van der Waals surface area contributed by atoms with E-state index in [1.54, 1.807) is 36.4 Å². The number of esters is 2. The van der Waals surface area contributed by atoms with Gasteiger partial charge in [-0.25, -0.2) is 9.59 Å². The highest BCUT2D eigenvalue weighted by Crippen LogP contribution is 2.16. The zero-order valence-electron chi connectivity index (χ0n) is 18.3. The van der Waals surface area contributed by atoms with Gasteiger partial charge in [0.2, 0.25) is 0 Å². The Morgan fingerprint density at radius 1 is 0.667 bits per heavy atom. The van der Waals surface area contributed by atoms with Gasteiger partial charge < -0.3 is 9.47 Å². The van der Waals surface area contributed by atoms with Gasteiger partial charge in [0.15, 0.2) is 0 Å². The van der Waals surface area contributed by atoms with Gasteiger partial charge in [-0.15, -0.1) is 0 Å². The van der Waals surface area contributed by atoms with E-state index in [1.165, 1.54) is 37.7 Å². The highest BCUT2D eigenvalue weighted by molar-refractivity contribution is 5.92. The van der Waals surface area contributed by atoms with Crippen molar-refractivity contribution in [2.24, 2.45) is 0 Å². The first-order chi connectivity index (χ1) is 14.6. The van der Waals surface area contributed by atoms with Crippen LogP contribution in [0.2, 0.25) is 0 Å². The molecule has 0 fully saturated rings. The van der Waals surface area contributed by atoms with E-state index in [4.69, 9.17) is 9.47 Å². The highest BCUT2D eigenvalue weighted by Gasteiger charge is 2.11. The summed E-state index contributed by atoms with van der Waals surface area (Å²) in [4.78, 5) is 24.4. The van der Waals surface area contributed by atoms with Crippen LogP contribution in [0.15, 0.2) is 48.5 Å². The molecular weight excluding hydrogens is 376 g/mol. The largest absolute Gasteiger partial charge is 0.462 e. The number of carbonyl (C=O) groups excluding carboxylic acids is 2. The molecule has 2 rings (SSSR count). The molecular formula is C26H34O4. The number of unbranched alkanes of at least 4 members (excludes halogenated alkanes) is 6. The van der Waals surface area contributed by atoms with Crippen LogP contribution in [-0.4, -0.2) is 18.5 Å². The first kappa shape index (κ1) is 23.7. The zero-order valence-corrected chi connectivity index (χ0v) is 18.3. The molecule has 0 amide bonds.